The van der Waals surface area contributed by atoms with E-state index in [0.29, 0.717) is 6.54 Å². The van der Waals surface area contributed by atoms with Crippen LogP contribution in [0.25, 0.3) is 0 Å². The normalized spacial score (nSPS) is 11.1. The fourth-order valence-corrected chi connectivity index (χ4v) is 2.23. The van der Waals surface area contributed by atoms with Crippen molar-refractivity contribution in [2.24, 2.45) is 0 Å². The van der Waals surface area contributed by atoms with Gasteiger partial charge in [-0.05, 0) is 24.0 Å². The molecule has 1 N–H and O–H groups in total. The summed E-state index contributed by atoms with van der Waals surface area (Å²) in [4.78, 5) is 2.17. The summed E-state index contributed by atoms with van der Waals surface area (Å²) >= 11 is 1.36. The van der Waals surface area contributed by atoms with E-state index in [1.165, 1.54) is 22.7 Å². The van der Waals surface area contributed by atoms with Crippen LogP contribution in [-0.4, -0.2) is 32.7 Å². The number of aliphatic hydroxyl groups is 1. The summed E-state index contributed by atoms with van der Waals surface area (Å²) in [6.07, 6.45) is 0. The summed E-state index contributed by atoms with van der Waals surface area (Å²) in [7, 11) is 0. The summed E-state index contributed by atoms with van der Waals surface area (Å²) < 4.78 is 3.86. The van der Waals surface area contributed by atoms with Gasteiger partial charge in [0, 0.05) is 25.0 Å². The second-order valence-electron chi connectivity index (χ2n) is 4.32. The number of benzene rings is 1. The number of aliphatic hydroxyl groups excluding tert-OH is 1. The molecule has 18 heavy (non-hydrogen) atoms. The zero-order valence-electron chi connectivity index (χ0n) is 10.4. The van der Waals surface area contributed by atoms with E-state index < -0.39 is 0 Å². The molecule has 0 atom stereocenters. The second-order valence-corrected chi connectivity index (χ2v) is 4.93. The smallest absolute Gasteiger partial charge is 0.0895 e. The molecule has 0 aliphatic heterocycles. The fourth-order valence-electron chi connectivity index (χ4n) is 1.79. The maximum absolute atomic E-state index is 9.11. The van der Waals surface area contributed by atoms with Gasteiger partial charge in [0.15, 0.2) is 0 Å². The van der Waals surface area contributed by atoms with Gasteiger partial charge < -0.3 is 5.11 Å². The Kier molecular flexibility index (Phi) is 4.81. The molecule has 96 valence electrons. The summed E-state index contributed by atoms with van der Waals surface area (Å²) in [6.45, 7) is 4.42. The molecule has 1 aromatic carbocycles. The Morgan fingerprint density at radius 3 is 2.61 bits per heavy atom. The van der Waals surface area contributed by atoms with E-state index in [-0.39, 0.29) is 6.61 Å². The van der Waals surface area contributed by atoms with Gasteiger partial charge in [-0.2, -0.15) is 0 Å². The molecule has 5 heteroatoms. The largest absolute Gasteiger partial charge is 0.395 e. The van der Waals surface area contributed by atoms with Crippen LogP contribution in [0.5, 0.6) is 0 Å². The predicted molar refractivity (Wildman–Crippen MR) is 72.3 cm³/mol. The van der Waals surface area contributed by atoms with E-state index >= 15 is 0 Å². The predicted octanol–water partition coefficient (Wildman–Crippen LogP) is 1.84. The molecule has 0 amide bonds. The minimum atomic E-state index is 0.156. The maximum atomic E-state index is 9.11. The van der Waals surface area contributed by atoms with Crippen molar-refractivity contribution < 1.29 is 5.11 Å². The van der Waals surface area contributed by atoms with Crippen molar-refractivity contribution in [1.82, 2.24) is 14.5 Å². The molecule has 0 saturated heterocycles. The molecule has 0 unspecified atom stereocenters. The van der Waals surface area contributed by atoms with Crippen LogP contribution in [0.3, 0.4) is 0 Å². The lowest BCUT2D eigenvalue weighted by molar-refractivity contribution is 0.183. The van der Waals surface area contributed by atoms with E-state index in [1.54, 1.807) is 0 Å². The van der Waals surface area contributed by atoms with Crippen LogP contribution < -0.4 is 0 Å². The highest BCUT2D eigenvalue weighted by Gasteiger charge is 2.08. The molecule has 1 aromatic heterocycles. The van der Waals surface area contributed by atoms with Crippen LogP contribution in [0.4, 0.5) is 0 Å². The molecule has 0 fully saturated rings. The molecule has 0 radical (unpaired) electrons. The number of nitrogens with zero attached hydrogens (tertiary/aromatic N) is 3. The average Bonchev–Trinajstić information content (AvgIpc) is 2.85. The van der Waals surface area contributed by atoms with Crippen LogP contribution in [0, 0.1) is 6.92 Å². The van der Waals surface area contributed by atoms with Gasteiger partial charge in [-0.15, -0.1) is 5.10 Å². The Bertz CT molecular complexity index is 456. The first-order valence-corrected chi connectivity index (χ1v) is 6.76. The van der Waals surface area contributed by atoms with E-state index in [9.17, 15) is 0 Å². The van der Waals surface area contributed by atoms with Crippen molar-refractivity contribution in [3.63, 3.8) is 0 Å². The monoisotopic (exact) mass is 263 g/mol. The van der Waals surface area contributed by atoms with Crippen LogP contribution in [0.15, 0.2) is 29.6 Å². The van der Waals surface area contributed by atoms with Crippen LogP contribution in [0.1, 0.15) is 16.8 Å². The van der Waals surface area contributed by atoms with Crippen molar-refractivity contribution >= 4 is 11.5 Å². The van der Waals surface area contributed by atoms with Gasteiger partial charge in [-0.25, -0.2) is 0 Å². The standard InChI is InChI=1S/C13H17N3OS/c1-11-2-4-12(5-3-11)8-16(6-7-17)9-13-10-18-15-14-13/h2-5,10,17H,6-9H2,1H3. The first kappa shape index (κ1) is 13.1. The summed E-state index contributed by atoms with van der Waals surface area (Å²) in [6, 6.07) is 8.46. The summed E-state index contributed by atoms with van der Waals surface area (Å²) in [5.74, 6) is 0. The minimum Gasteiger partial charge on any atom is -0.395 e. The average molecular weight is 263 g/mol. The van der Waals surface area contributed by atoms with Gasteiger partial charge in [0.05, 0.1) is 12.3 Å². The molecule has 0 spiro atoms. The Balaban J connectivity index is 1.99. The number of aryl methyl sites for hydroxylation is 1. The second kappa shape index (κ2) is 6.58. The topological polar surface area (TPSA) is 49.2 Å². The van der Waals surface area contributed by atoms with E-state index in [1.807, 2.05) is 5.38 Å². The minimum absolute atomic E-state index is 0.156. The molecule has 4 nitrogen and oxygen atoms in total. The molecule has 2 rings (SSSR count). The van der Waals surface area contributed by atoms with Crippen LogP contribution in [-0.2, 0) is 13.1 Å². The third-order valence-electron chi connectivity index (χ3n) is 2.73. The highest BCUT2D eigenvalue weighted by molar-refractivity contribution is 7.03. The molecule has 0 bridgehead atoms. The number of hydrogen-bond acceptors (Lipinski definition) is 5. The SMILES string of the molecule is Cc1ccc(CN(CCO)Cc2csnn2)cc1. The van der Waals surface area contributed by atoms with Gasteiger partial charge in [0.1, 0.15) is 0 Å². The Morgan fingerprint density at radius 2 is 2.00 bits per heavy atom. The first-order valence-electron chi connectivity index (χ1n) is 5.92. The molecule has 2 aromatic rings. The zero-order valence-corrected chi connectivity index (χ0v) is 11.2. The van der Waals surface area contributed by atoms with Gasteiger partial charge in [-0.1, -0.05) is 34.3 Å². The van der Waals surface area contributed by atoms with E-state index in [2.05, 4.69) is 45.7 Å². The third-order valence-corrected chi connectivity index (χ3v) is 3.29. The molecular weight excluding hydrogens is 246 g/mol. The van der Waals surface area contributed by atoms with Crippen molar-refractivity contribution in [3.05, 3.63) is 46.5 Å². The van der Waals surface area contributed by atoms with E-state index in [4.69, 9.17) is 5.11 Å². The Labute approximate surface area is 111 Å². The van der Waals surface area contributed by atoms with E-state index in [0.717, 1.165) is 18.8 Å². The highest BCUT2D eigenvalue weighted by Crippen LogP contribution is 2.10. The van der Waals surface area contributed by atoms with Crippen molar-refractivity contribution in [2.75, 3.05) is 13.2 Å². The molecule has 0 saturated carbocycles. The van der Waals surface area contributed by atoms with Crippen LogP contribution >= 0.6 is 11.5 Å². The number of hydrogen-bond donors (Lipinski definition) is 1. The molecular formula is C13H17N3OS. The van der Waals surface area contributed by atoms with Crippen molar-refractivity contribution in [3.8, 4) is 0 Å². The van der Waals surface area contributed by atoms with Crippen molar-refractivity contribution in [2.45, 2.75) is 20.0 Å². The Hall–Kier alpha value is -1.30. The molecule has 1 heterocycles. The first-order chi connectivity index (χ1) is 8.78. The molecule has 0 aliphatic rings. The Morgan fingerprint density at radius 1 is 1.22 bits per heavy atom. The lowest BCUT2D eigenvalue weighted by Crippen LogP contribution is -2.26. The molecule has 0 aliphatic carbocycles. The number of rotatable bonds is 6. The lowest BCUT2D eigenvalue weighted by Gasteiger charge is -2.20. The highest BCUT2D eigenvalue weighted by atomic mass is 32.1. The van der Waals surface area contributed by atoms with Crippen LogP contribution in [0.2, 0.25) is 0 Å². The van der Waals surface area contributed by atoms with Gasteiger partial charge in [0.25, 0.3) is 0 Å². The van der Waals surface area contributed by atoms with Gasteiger partial charge >= 0.3 is 0 Å². The summed E-state index contributed by atoms with van der Waals surface area (Å²) in [5.41, 5.74) is 3.47. The quantitative estimate of drug-likeness (QED) is 0.864. The maximum Gasteiger partial charge on any atom is 0.0895 e. The zero-order chi connectivity index (χ0) is 12.8. The van der Waals surface area contributed by atoms with Crippen molar-refractivity contribution in [1.29, 1.82) is 0 Å². The van der Waals surface area contributed by atoms with Gasteiger partial charge in [0.2, 0.25) is 0 Å². The third kappa shape index (κ3) is 3.87. The lowest BCUT2D eigenvalue weighted by atomic mass is 10.1. The number of aromatic nitrogens is 2. The van der Waals surface area contributed by atoms with Gasteiger partial charge in [-0.3, -0.25) is 4.90 Å². The fraction of sp³-hybridized carbons (Fsp3) is 0.385. The summed E-state index contributed by atoms with van der Waals surface area (Å²) in [5, 5.41) is 15.1.